The largest absolute Gasteiger partial charge is 0.339 e. The van der Waals surface area contributed by atoms with E-state index in [1.165, 1.54) is 0 Å². The maximum atomic E-state index is 11.8. The van der Waals surface area contributed by atoms with Gasteiger partial charge in [0.05, 0.1) is 23.7 Å². The van der Waals surface area contributed by atoms with Gasteiger partial charge in [0.15, 0.2) is 15.7 Å². The fourth-order valence-electron chi connectivity index (χ4n) is 5.82. The van der Waals surface area contributed by atoms with E-state index >= 15 is 0 Å². The van der Waals surface area contributed by atoms with Gasteiger partial charge in [-0.3, -0.25) is 9.47 Å². The molecule has 3 aromatic rings. The van der Waals surface area contributed by atoms with Gasteiger partial charge in [0, 0.05) is 61.1 Å². The minimum absolute atomic E-state index is 0.00406. The van der Waals surface area contributed by atoms with Crippen LogP contribution in [0.2, 0.25) is 5.02 Å². The van der Waals surface area contributed by atoms with Crippen molar-refractivity contribution in [2.75, 3.05) is 47.5 Å². The first kappa shape index (κ1) is 21.5. The topological polar surface area (TPSA) is 100 Å². The molecule has 0 radical (unpaired) electrons. The number of rotatable bonds is 3. The Morgan fingerprint density at radius 1 is 1.03 bits per heavy atom. The third-order valence-corrected chi connectivity index (χ3v) is 9.60. The number of fused-ring (bicyclic) bond motifs is 3. The summed E-state index contributed by atoms with van der Waals surface area (Å²) in [5.41, 5.74) is 3.27. The van der Waals surface area contributed by atoms with Gasteiger partial charge in [0.25, 0.3) is 0 Å². The molecule has 12 heteroatoms. The third kappa shape index (κ3) is 3.51. The number of hydrogen-bond acceptors (Lipinski definition) is 9. The molecule has 3 saturated heterocycles. The van der Waals surface area contributed by atoms with Crippen LogP contribution in [0.3, 0.4) is 0 Å². The van der Waals surface area contributed by atoms with E-state index in [4.69, 9.17) is 11.6 Å². The molecule has 182 valence electrons. The van der Waals surface area contributed by atoms with Crippen LogP contribution in [0.5, 0.6) is 0 Å². The number of aromatic nitrogens is 5. The van der Waals surface area contributed by atoms with Crippen LogP contribution in [0.25, 0.3) is 5.69 Å². The molecule has 4 aliphatic heterocycles. The molecule has 10 nitrogen and oxygen atoms in total. The van der Waals surface area contributed by atoms with E-state index in [9.17, 15) is 8.42 Å². The Hall–Kier alpha value is -2.76. The quantitative estimate of drug-likeness (QED) is 0.516. The Morgan fingerprint density at radius 3 is 2.54 bits per heavy atom. The number of nitrogens with zero attached hydrogens (tertiary/aromatic N) is 8. The Kier molecular flexibility index (Phi) is 4.53. The van der Waals surface area contributed by atoms with Gasteiger partial charge in [-0.15, -0.1) is 10.2 Å². The minimum atomic E-state index is -2.93. The van der Waals surface area contributed by atoms with Crippen molar-refractivity contribution < 1.29 is 8.42 Å². The lowest BCUT2D eigenvalue weighted by Gasteiger charge is -2.60. The second-order valence-electron chi connectivity index (χ2n) is 10.4. The fourth-order valence-corrected chi connectivity index (χ4v) is 7.51. The molecule has 7 rings (SSSR count). The molecule has 0 atom stereocenters. The molecular weight excluding hydrogens is 488 g/mol. The number of hydrogen-bond donors (Lipinski definition) is 0. The van der Waals surface area contributed by atoms with Crippen LogP contribution in [0, 0.1) is 12.3 Å². The van der Waals surface area contributed by atoms with Crippen molar-refractivity contribution in [3.63, 3.8) is 0 Å². The Morgan fingerprint density at radius 2 is 1.80 bits per heavy atom. The third-order valence-electron chi connectivity index (χ3n) is 7.58. The summed E-state index contributed by atoms with van der Waals surface area (Å²) in [4.78, 5) is 15.7. The summed E-state index contributed by atoms with van der Waals surface area (Å²) in [6.07, 6.45) is 1.81. The Bertz CT molecular complexity index is 1430. The fraction of sp³-hybridized carbons (Fsp3) is 0.478. The zero-order valence-corrected chi connectivity index (χ0v) is 20.9. The van der Waals surface area contributed by atoms with E-state index in [1.807, 2.05) is 37.4 Å². The van der Waals surface area contributed by atoms with E-state index in [1.54, 1.807) is 0 Å². The highest BCUT2D eigenvalue weighted by Crippen LogP contribution is 2.43. The van der Waals surface area contributed by atoms with Crippen LogP contribution < -0.4 is 9.80 Å². The molecule has 0 unspecified atom stereocenters. The molecule has 0 bridgehead atoms. The molecule has 35 heavy (non-hydrogen) atoms. The van der Waals surface area contributed by atoms with E-state index in [2.05, 4.69) is 39.4 Å². The SMILES string of the molecule is Cc1ccnc(N2CC3(C2)CN(c2nnc4n2-c2ccc(Cl)cc2CN(C2CS(=O)(=O)C2)C4)C3)n1. The summed E-state index contributed by atoms with van der Waals surface area (Å²) in [6, 6.07) is 7.79. The van der Waals surface area contributed by atoms with Gasteiger partial charge >= 0.3 is 0 Å². The first-order valence-corrected chi connectivity index (χ1v) is 13.9. The molecule has 1 aromatic carbocycles. The summed E-state index contributed by atoms with van der Waals surface area (Å²) in [7, 11) is -2.93. The monoisotopic (exact) mass is 512 g/mol. The van der Waals surface area contributed by atoms with Gasteiger partial charge < -0.3 is 9.80 Å². The van der Waals surface area contributed by atoms with E-state index < -0.39 is 9.84 Å². The number of sulfone groups is 1. The standard InChI is InChI=1S/C23H25ClN8O2S/c1-15-4-5-25-21(26-15)30-11-23(12-30)13-31(14-23)22-28-27-20-8-29(18-9-35(33,34)10-18)7-16-6-17(24)2-3-19(16)32(20)22/h2-6,18H,7-14H2,1H3. The molecule has 0 aliphatic carbocycles. The summed E-state index contributed by atoms with van der Waals surface area (Å²) < 4.78 is 25.8. The molecule has 4 aliphatic rings. The second-order valence-corrected chi connectivity index (χ2v) is 13.0. The summed E-state index contributed by atoms with van der Waals surface area (Å²) in [5, 5.41) is 9.80. The number of aryl methyl sites for hydroxylation is 1. The first-order chi connectivity index (χ1) is 16.8. The van der Waals surface area contributed by atoms with Crippen LogP contribution >= 0.6 is 11.6 Å². The van der Waals surface area contributed by atoms with Gasteiger partial charge in [-0.05, 0) is 36.8 Å². The van der Waals surface area contributed by atoms with Crippen molar-refractivity contribution in [1.29, 1.82) is 0 Å². The maximum Gasteiger partial charge on any atom is 0.231 e. The van der Waals surface area contributed by atoms with Crippen LogP contribution in [-0.4, -0.2) is 81.8 Å². The van der Waals surface area contributed by atoms with Crippen molar-refractivity contribution in [2.24, 2.45) is 5.41 Å². The average molecular weight is 513 g/mol. The molecule has 3 fully saturated rings. The molecule has 2 aromatic heterocycles. The summed E-state index contributed by atoms with van der Waals surface area (Å²) >= 11 is 6.35. The number of anilines is 2. The normalized spacial score (nSPS) is 22.6. The molecule has 0 N–H and O–H groups in total. The molecule has 1 spiro atoms. The lowest BCUT2D eigenvalue weighted by atomic mass is 9.73. The highest BCUT2D eigenvalue weighted by molar-refractivity contribution is 7.92. The zero-order valence-electron chi connectivity index (χ0n) is 19.3. The van der Waals surface area contributed by atoms with Crippen LogP contribution in [0.15, 0.2) is 30.5 Å². The van der Waals surface area contributed by atoms with Crippen LogP contribution in [-0.2, 0) is 22.9 Å². The Balaban J connectivity index is 1.14. The summed E-state index contributed by atoms with van der Waals surface area (Å²) in [6.45, 7) is 6.85. The first-order valence-electron chi connectivity index (χ1n) is 11.7. The lowest BCUT2D eigenvalue weighted by molar-refractivity contribution is 0.152. The Labute approximate surface area is 208 Å². The van der Waals surface area contributed by atoms with E-state index in [-0.39, 0.29) is 23.0 Å². The second kappa shape index (κ2) is 7.37. The van der Waals surface area contributed by atoms with Crippen LogP contribution in [0.1, 0.15) is 17.1 Å². The lowest BCUT2D eigenvalue weighted by Crippen LogP contribution is -2.73. The molecular formula is C23H25ClN8O2S. The predicted molar refractivity (Wildman–Crippen MR) is 132 cm³/mol. The van der Waals surface area contributed by atoms with Gasteiger partial charge in [-0.1, -0.05) is 11.6 Å². The van der Waals surface area contributed by atoms with Gasteiger partial charge in [0.1, 0.15) is 0 Å². The maximum absolute atomic E-state index is 11.8. The molecule has 0 saturated carbocycles. The van der Waals surface area contributed by atoms with E-state index in [0.29, 0.717) is 18.1 Å². The van der Waals surface area contributed by atoms with Crippen molar-refractivity contribution in [2.45, 2.75) is 26.1 Å². The van der Waals surface area contributed by atoms with Gasteiger partial charge in [0.2, 0.25) is 11.9 Å². The highest BCUT2D eigenvalue weighted by atomic mass is 35.5. The van der Waals surface area contributed by atoms with Crippen molar-refractivity contribution in [3.05, 3.63) is 52.6 Å². The average Bonchev–Trinajstić information content (AvgIpc) is 3.05. The highest BCUT2D eigenvalue weighted by Gasteiger charge is 2.54. The number of benzene rings is 1. The van der Waals surface area contributed by atoms with Crippen molar-refractivity contribution in [1.82, 2.24) is 29.6 Å². The smallest absolute Gasteiger partial charge is 0.231 e. The number of halogens is 1. The van der Waals surface area contributed by atoms with Gasteiger partial charge in [-0.2, -0.15) is 0 Å². The molecule has 6 heterocycles. The zero-order chi connectivity index (χ0) is 23.9. The van der Waals surface area contributed by atoms with Gasteiger partial charge in [-0.25, -0.2) is 18.4 Å². The summed E-state index contributed by atoms with van der Waals surface area (Å²) in [5.74, 6) is 2.85. The minimum Gasteiger partial charge on any atom is -0.339 e. The van der Waals surface area contributed by atoms with Crippen LogP contribution in [0.4, 0.5) is 11.9 Å². The predicted octanol–water partition coefficient (Wildman–Crippen LogP) is 1.46. The van der Waals surface area contributed by atoms with Crippen molar-refractivity contribution >= 4 is 33.3 Å². The van der Waals surface area contributed by atoms with Crippen molar-refractivity contribution in [3.8, 4) is 5.69 Å². The van der Waals surface area contributed by atoms with E-state index in [0.717, 1.165) is 60.8 Å². The molecule has 0 amide bonds.